The summed E-state index contributed by atoms with van der Waals surface area (Å²) in [4.78, 5) is 47.3. The molecule has 2 fully saturated rings. The van der Waals surface area contributed by atoms with Crippen LogP contribution >= 0.6 is 0 Å². The highest BCUT2D eigenvalue weighted by atomic mass is 16.5. The summed E-state index contributed by atoms with van der Waals surface area (Å²) in [5.74, 6) is -0.500. The monoisotopic (exact) mass is 371 g/mol. The van der Waals surface area contributed by atoms with Gasteiger partial charge in [0.1, 0.15) is 11.8 Å². The van der Waals surface area contributed by atoms with Crippen molar-refractivity contribution >= 4 is 28.6 Å². The maximum Gasteiger partial charge on any atom is 0.329 e. The molecule has 2 aromatic rings. The fraction of sp³-hybridized carbons (Fsp3) is 0.474. The first kappa shape index (κ1) is 17.7. The molecule has 2 aliphatic rings. The molecule has 4 rings (SSSR count). The highest BCUT2D eigenvalue weighted by molar-refractivity contribution is 6.00. The minimum absolute atomic E-state index is 0.0409. The van der Waals surface area contributed by atoms with E-state index in [9.17, 15) is 19.2 Å². The van der Waals surface area contributed by atoms with Crippen LogP contribution in [0.25, 0.3) is 11.0 Å². The second-order valence-corrected chi connectivity index (χ2v) is 7.19. The smallest absolute Gasteiger partial charge is 0.329 e. The Kier molecular flexibility index (Phi) is 4.43. The molecule has 1 saturated heterocycles. The average Bonchev–Trinajstić information content (AvgIpc) is 2.85. The number of ether oxygens (including phenoxy) is 1. The van der Waals surface area contributed by atoms with Gasteiger partial charge in [0.15, 0.2) is 0 Å². The van der Waals surface area contributed by atoms with E-state index in [-0.39, 0.29) is 29.9 Å². The number of imide groups is 1. The predicted octanol–water partition coefficient (Wildman–Crippen LogP) is 0.608. The zero-order valence-electron chi connectivity index (χ0n) is 15.1. The standard InChI is InChI=1S/C19H21N3O5/c1-21-16-8-11(6-7-27-13-9-12(23)10-13)2-3-14(16)22(19(21)26)15-4-5-17(24)20-18(15)25/h2-3,8,13,15H,4-7,9-10H2,1H3,(H,20,24,25). The molecule has 1 aromatic carbocycles. The molecule has 142 valence electrons. The first-order valence-corrected chi connectivity index (χ1v) is 9.11. The van der Waals surface area contributed by atoms with Crippen LogP contribution in [0.15, 0.2) is 23.0 Å². The van der Waals surface area contributed by atoms with Gasteiger partial charge in [-0.25, -0.2) is 4.79 Å². The number of carbonyl (C=O) groups excluding carboxylic acids is 3. The Bertz CT molecular complexity index is 995. The van der Waals surface area contributed by atoms with Crippen molar-refractivity contribution < 1.29 is 19.1 Å². The van der Waals surface area contributed by atoms with Crippen LogP contribution in [-0.2, 0) is 32.6 Å². The molecule has 0 spiro atoms. The minimum atomic E-state index is -0.677. The number of piperidine rings is 1. The van der Waals surface area contributed by atoms with Crippen molar-refractivity contribution in [1.82, 2.24) is 14.5 Å². The van der Waals surface area contributed by atoms with Crippen LogP contribution in [0.3, 0.4) is 0 Å². The molecule has 27 heavy (non-hydrogen) atoms. The number of benzene rings is 1. The number of imidazole rings is 1. The molecule has 2 amide bonds. The Morgan fingerprint density at radius 2 is 1.93 bits per heavy atom. The third kappa shape index (κ3) is 3.21. The van der Waals surface area contributed by atoms with Gasteiger partial charge in [0.05, 0.1) is 23.7 Å². The lowest BCUT2D eigenvalue weighted by atomic mass is 9.94. The van der Waals surface area contributed by atoms with Gasteiger partial charge in [0, 0.05) is 26.3 Å². The van der Waals surface area contributed by atoms with E-state index < -0.39 is 11.9 Å². The number of amides is 2. The van der Waals surface area contributed by atoms with Crippen LogP contribution in [0.5, 0.6) is 0 Å². The second-order valence-electron chi connectivity index (χ2n) is 7.19. The van der Waals surface area contributed by atoms with E-state index in [0.717, 1.165) is 11.1 Å². The Labute approximate surface area is 155 Å². The normalized spacial score (nSPS) is 20.8. The average molecular weight is 371 g/mol. The van der Waals surface area contributed by atoms with Crippen LogP contribution in [0.4, 0.5) is 0 Å². The second kappa shape index (κ2) is 6.77. The van der Waals surface area contributed by atoms with E-state index in [1.165, 1.54) is 9.13 Å². The van der Waals surface area contributed by atoms with Crippen molar-refractivity contribution in [2.45, 2.75) is 44.2 Å². The number of ketones is 1. The van der Waals surface area contributed by atoms with Crippen molar-refractivity contribution in [2.24, 2.45) is 7.05 Å². The maximum atomic E-state index is 12.7. The van der Waals surface area contributed by atoms with Gasteiger partial charge < -0.3 is 4.74 Å². The Morgan fingerprint density at radius 1 is 1.15 bits per heavy atom. The quantitative estimate of drug-likeness (QED) is 0.777. The van der Waals surface area contributed by atoms with Crippen LogP contribution in [0, 0.1) is 0 Å². The Morgan fingerprint density at radius 3 is 2.63 bits per heavy atom. The summed E-state index contributed by atoms with van der Waals surface area (Å²) < 4.78 is 8.65. The highest BCUT2D eigenvalue weighted by Gasteiger charge is 2.31. The molecule has 0 radical (unpaired) electrons. The van der Waals surface area contributed by atoms with Crippen molar-refractivity contribution in [3.63, 3.8) is 0 Å². The van der Waals surface area contributed by atoms with E-state index in [0.29, 0.717) is 37.8 Å². The fourth-order valence-corrected chi connectivity index (χ4v) is 3.70. The summed E-state index contributed by atoms with van der Waals surface area (Å²) >= 11 is 0. The number of fused-ring (bicyclic) bond motifs is 1. The number of hydrogen-bond donors (Lipinski definition) is 1. The van der Waals surface area contributed by atoms with Crippen molar-refractivity contribution in [2.75, 3.05) is 6.61 Å². The lowest BCUT2D eigenvalue weighted by molar-refractivity contribution is -0.136. The van der Waals surface area contributed by atoms with Gasteiger partial charge in [0.2, 0.25) is 11.8 Å². The summed E-state index contributed by atoms with van der Waals surface area (Å²) in [6.45, 7) is 0.519. The molecular weight excluding hydrogens is 350 g/mol. The van der Waals surface area contributed by atoms with Gasteiger partial charge >= 0.3 is 5.69 Å². The van der Waals surface area contributed by atoms with E-state index in [4.69, 9.17) is 4.74 Å². The first-order valence-electron chi connectivity index (χ1n) is 9.11. The molecule has 1 aliphatic heterocycles. The van der Waals surface area contributed by atoms with Crippen molar-refractivity contribution in [3.8, 4) is 0 Å². The maximum absolute atomic E-state index is 12.7. The summed E-state index contributed by atoms with van der Waals surface area (Å²) in [6, 6.07) is 5.00. The van der Waals surface area contributed by atoms with Crippen molar-refractivity contribution in [3.05, 3.63) is 34.2 Å². The van der Waals surface area contributed by atoms with E-state index in [1.807, 2.05) is 18.2 Å². The summed E-state index contributed by atoms with van der Waals surface area (Å²) in [6.07, 6.45) is 2.26. The van der Waals surface area contributed by atoms with Gasteiger partial charge in [-0.15, -0.1) is 0 Å². The topological polar surface area (TPSA) is 99.4 Å². The van der Waals surface area contributed by atoms with Gasteiger partial charge in [-0.2, -0.15) is 0 Å². The molecule has 1 unspecified atom stereocenters. The number of nitrogens with one attached hydrogen (secondary N) is 1. The van der Waals surface area contributed by atoms with Crippen LogP contribution in [0.1, 0.15) is 37.3 Å². The van der Waals surface area contributed by atoms with Crippen LogP contribution in [-0.4, -0.2) is 39.4 Å². The molecule has 1 atom stereocenters. The molecule has 2 heterocycles. The molecule has 1 aliphatic carbocycles. The fourth-order valence-electron chi connectivity index (χ4n) is 3.70. The van der Waals surface area contributed by atoms with Crippen LogP contribution < -0.4 is 11.0 Å². The summed E-state index contributed by atoms with van der Waals surface area (Å²) in [5.41, 5.74) is 2.15. The zero-order valence-corrected chi connectivity index (χ0v) is 15.1. The third-order valence-electron chi connectivity index (χ3n) is 5.33. The highest BCUT2D eigenvalue weighted by Crippen LogP contribution is 2.24. The van der Waals surface area contributed by atoms with Gasteiger partial charge in [-0.1, -0.05) is 6.07 Å². The number of nitrogens with zero attached hydrogens (tertiary/aromatic N) is 2. The minimum Gasteiger partial charge on any atom is -0.377 e. The molecule has 8 heteroatoms. The van der Waals surface area contributed by atoms with Crippen molar-refractivity contribution in [1.29, 1.82) is 0 Å². The van der Waals surface area contributed by atoms with Gasteiger partial charge in [-0.3, -0.25) is 28.8 Å². The number of rotatable bonds is 5. The predicted molar refractivity (Wildman–Crippen MR) is 96.3 cm³/mol. The van der Waals surface area contributed by atoms with Gasteiger partial charge in [-0.05, 0) is 30.5 Å². The molecular formula is C19H21N3O5. The van der Waals surface area contributed by atoms with E-state index in [2.05, 4.69) is 5.32 Å². The number of aromatic nitrogens is 2. The van der Waals surface area contributed by atoms with Gasteiger partial charge in [0.25, 0.3) is 0 Å². The number of carbonyl (C=O) groups is 3. The molecule has 1 N–H and O–H groups in total. The zero-order chi connectivity index (χ0) is 19.1. The largest absolute Gasteiger partial charge is 0.377 e. The molecule has 8 nitrogen and oxygen atoms in total. The molecule has 1 aromatic heterocycles. The lowest BCUT2D eigenvalue weighted by Crippen LogP contribution is -2.44. The summed E-state index contributed by atoms with van der Waals surface area (Å²) in [7, 11) is 1.67. The summed E-state index contributed by atoms with van der Waals surface area (Å²) in [5, 5.41) is 2.31. The first-order chi connectivity index (χ1) is 12.9. The number of hydrogen-bond acceptors (Lipinski definition) is 5. The van der Waals surface area contributed by atoms with E-state index >= 15 is 0 Å². The number of Topliss-reactive ketones (excluding diaryl/α,β-unsaturated/α-hetero) is 1. The Balaban J connectivity index is 1.56. The molecule has 1 saturated carbocycles. The molecule has 0 bridgehead atoms. The Hall–Kier alpha value is -2.74. The number of aryl methyl sites for hydroxylation is 1. The SMILES string of the molecule is Cn1c(=O)n(C2CCC(=O)NC2=O)c2ccc(CCOC3CC(=O)C3)cc21. The third-order valence-corrected chi connectivity index (χ3v) is 5.33. The van der Waals surface area contributed by atoms with E-state index in [1.54, 1.807) is 7.05 Å². The van der Waals surface area contributed by atoms with Crippen LogP contribution in [0.2, 0.25) is 0 Å². The lowest BCUT2D eigenvalue weighted by Gasteiger charge is -2.24.